The Kier molecular flexibility index (Phi) is 5.79. The van der Waals surface area contributed by atoms with Crippen molar-refractivity contribution in [3.8, 4) is 5.75 Å². The van der Waals surface area contributed by atoms with Crippen molar-refractivity contribution in [2.75, 3.05) is 0 Å². The van der Waals surface area contributed by atoms with Crippen LogP contribution in [0.4, 0.5) is 0 Å². The SMILES string of the molecule is O=C(c1ccccc1)C(OS(=O)Oc1ccc2ccccc2c1)c1ccccc1. The van der Waals surface area contributed by atoms with Gasteiger partial charge in [-0.3, -0.25) is 4.79 Å². The third kappa shape index (κ3) is 4.59. The van der Waals surface area contributed by atoms with E-state index in [1.807, 2.05) is 42.5 Å². The first-order valence-electron chi connectivity index (χ1n) is 9.11. The maximum atomic E-state index is 13.0. The number of ketones is 1. The predicted molar refractivity (Wildman–Crippen MR) is 114 cm³/mol. The lowest BCUT2D eigenvalue weighted by molar-refractivity contribution is 0.0800. The van der Waals surface area contributed by atoms with Crippen LogP contribution in [0.5, 0.6) is 5.75 Å². The van der Waals surface area contributed by atoms with Crippen molar-refractivity contribution in [1.82, 2.24) is 0 Å². The molecule has 0 heterocycles. The molecule has 0 aromatic heterocycles. The molecule has 0 bridgehead atoms. The largest absolute Gasteiger partial charge is 0.380 e. The second kappa shape index (κ2) is 8.82. The van der Waals surface area contributed by atoms with Crippen LogP contribution in [0.1, 0.15) is 22.0 Å². The van der Waals surface area contributed by atoms with Gasteiger partial charge in [0.05, 0.1) is 0 Å². The number of hydrogen-bond donors (Lipinski definition) is 0. The van der Waals surface area contributed by atoms with Crippen molar-refractivity contribution in [3.05, 3.63) is 114 Å². The molecule has 144 valence electrons. The topological polar surface area (TPSA) is 52.6 Å². The molecule has 0 saturated carbocycles. The summed E-state index contributed by atoms with van der Waals surface area (Å²) >= 11 is -2.16. The highest BCUT2D eigenvalue weighted by Crippen LogP contribution is 2.26. The van der Waals surface area contributed by atoms with Gasteiger partial charge in [0, 0.05) is 5.56 Å². The molecule has 4 aromatic rings. The minimum Gasteiger partial charge on any atom is -0.380 e. The van der Waals surface area contributed by atoms with Crippen molar-refractivity contribution in [2.24, 2.45) is 0 Å². The van der Waals surface area contributed by atoms with E-state index in [2.05, 4.69) is 0 Å². The summed E-state index contributed by atoms with van der Waals surface area (Å²) in [6, 6.07) is 30.9. The van der Waals surface area contributed by atoms with Crippen LogP contribution in [0, 0.1) is 0 Å². The average molecular weight is 402 g/mol. The molecule has 0 amide bonds. The smallest absolute Gasteiger partial charge is 0.361 e. The van der Waals surface area contributed by atoms with E-state index >= 15 is 0 Å². The van der Waals surface area contributed by atoms with Crippen LogP contribution in [0.15, 0.2) is 103 Å². The van der Waals surface area contributed by atoms with Crippen LogP contribution in [-0.4, -0.2) is 9.99 Å². The fourth-order valence-electron chi connectivity index (χ4n) is 3.03. The molecular weight excluding hydrogens is 384 g/mol. The van der Waals surface area contributed by atoms with E-state index in [9.17, 15) is 9.00 Å². The second-order valence-electron chi connectivity index (χ2n) is 6.41. The van der Waals surface area contributed by atoms with Gasteiger partial charge in [-0.05, 0) is 28.5 Å². The monoisotopic (exact) mass is 402 g/mol. The quantitative estimate of drug-likeness (QED) is 0.386. The number of hydrogen-bond acceptors (Lipinski definition) is 4. The molecular formula is C24H18O4S. The van der Waals surface area contributed by atoms with Gasteiger partial charge in [0.2, 0.25) is 0 Å². The minimum absolute atomic E-state index is 0.285. The van der Waals surface area contributed by atoms with Crippen molar-refractivity contribution in [3.63, 3.8) is 0 Å². The summed E-state index contributed by atoms with van der Waals surface area (Å²) in [4.78, 5) is 13.0. The van der Waals surface area contributed by atoms with Gasteiger partial charge in [-0.25, -0.2) is 4.18 Å². The second-order valence-corrected chi connectivity index (χ2v) is 7.18. The first kappa shape index (κ1) is 19.1. The Bertz CT molecular complexity index is 1140. The summed E-state index contributed by atoms with van der Waals surface area (Å²) in [7, 11) is 0. The minimum atomic E-state index is -2.16. The van der Waals surface area contributed by atoms with E-state index in [-0.39, 0.29) is 5.78 Å². The highest BCUT2D eigenvalue weighted by Gasteiger charge is 2.26. The number of carbonyl (C=O) groups excluding carboxylic acids is 1. The number of carbonyl (C=O) groups is 1. The zero-order chi connectivity index (χ0) is 20.1. The highest BCUT2D eigenvalue weighted by atomic mass is 32.2. The van der Waals surface area contributed by atoms with Gasteiger partial charge in [0.15, 0.2) is 11.9 Å². The van der Waals surface area contributed by atoms with Gasteiger partial charge in [0.25, 0.3) is 0 Å². The fraction of sp³-hybridized carbons (Fsp3) is 0.0417. The third-order valence-electron chi connectivity index (χ3n) is 4.46. The Morgan fingerprint density at radius 2 is 1.34 bits per heavy atom. The number of fused-ring (bicyclic) bond motifs is 1. The Balaban J connectivity index is 1.56. The van der Waals surface area contributed by atoms with E-state index < -0.39 is 17.5 Å². The Morgan fingerprint density at radius 1 is 0.724 bits per heavy atom. The molecule has 4 aromatic carbocycles. The first-order valence-corrected chi connectivity index (χ1v) is 10.1. The van der Waals surface area contributed by atoms with E-state index in [0.717, 1.165) is 10.8 Å². The maximum absolute atomic E-state index is 13.0. The van der Waals surface area contributed by atoms with Gasteiger partial charge in [0.1, 0.15) is 5.75 Å². The molecule has 0 N–H and O–H groups in total. The molecule has 0 aliphatic rings. The molecule has 0 radical (unpaired) electrons. The van der Waals surface area contributed by atoms with Crippen LogP contribution in [-0.2, 0) is 15.5 Å². The van der Waals surface area contributed by atoms with E-state index in [0.29, 0.717) is 16.9 Å². The van der Waals surface area contributed by atoms with E-state index in [4.69, 9.17) is 8.37 Å². The molecule has 2 unspecified atom stereocenters. The fourth-order valence-corrected chi connectivity index (χ4v) is 3.68. The number of rotatable bonds is 7. The molecule has 0 aliphatic carbocycles. The summed E-state index contributed by atoms with van der Waals surface area (Å²) < 4.78 is 23.6. The summed E-state index contributed by atoms with van der Waals surface area (Å²) in [5, 5.41) is 2.01. The maximum Gasteiger partial charge on any atom is 0.361 e. The van der Waals surface area contributed by atoms with Crippen LogP contribution in [0.25, 0.3) is 10.8 Å². The van der Waals surface area contributed by atoms with E-state index in [1.165, 1.54) is 0 Å². The third-order valence-corrected chi connectivity index (χ3v) is 5.14. The van der Waals surface area contributed by atoms with Crippen molar-refractivity contribution < 1.29 is 17.4 Å². The average Bonchev–Trinajstić information content (AvgIpc) is 2.78. The molecule has 0 fully saturated rings. The number of benzene rings is 4. The zero-order valence-corrected chi connectivity index (χ0v) is 16.3. The lowest BCUT2D eigenvalue weighted by atomic mass is 10.0. The highest BCUT2D eigenvalue weighted by molar-refractivity contribution is 7.75. The summed E-state index contributed by atoms with van der Waals surface area (Å²) in [5.74, 6) is 0.119. The van der Waals surface area contributed by atoms with Crippen LogP contribution >= 0.6 is 0 Å². The van der Waals surface area contributed by atoms with Crippen molar-refractivity contribution >= 4 is 27.9 Å². The zero-order valence-electron chi connectivity index (χ0n) is 15.4. The molecule has 4 rings (SSSR count). The van der Waals surface area contributed by atoms with Crippen LogP contribution in [0.3, 0.4) is 0 Å². The normalized spacial score (nSPS) is 13.0. The predicted octanol–water partition coefficient (Wildman–Crippen LogP) is 5.44. The Hall–Kier alpha value is -3.28. The first-order chi connectivity index (χ1) is 14.2. The summed E-state index contributed by atoms with van der Waals surface area (Å²) in [6.07, 6.45) is -1.04. The van der Waals surface area contributed by atoms with Crippen LogP contribution < -0.4 is 4.18 Å². The van der Waals surface area contributed by atoms with Crippen molar-refractivity contribution in [2.45, 2.75) is 6.10 Å². The van der Waals surface area contributed by atoms with Gasteiger partial charge < -0.3 is 4.18 Å². The molecule has 0 aliphatic heterocycles. The molecule has 2 atom stereocenters. The molecule has 0 saturated heterocycles. The Morgan fingerprint density at radius 3 is 2.07 bits per heavy atom. The molecule has 5 heteroatoms. The summed E-state index contributed by atoms with van der Waals surface area (Å²) in [6.45, 7) is 0. The van der Waals surface area contributed by atoms with Crippen LogP contribution in [0.2, 0.25) is 0 Å². The number of Topliss-reactive ketones (excluding diaryl/α,β-unsaturated/α-hetero) is 1. The molecule has 0 spiro atoms. The Labute approximate surface area is 171 Å². The summed E-state index contributed by atoms with van der Waals surface area (Å²) in [5.41, 5.74) is 1.08. The lowest BCUT2D eigenvalue weighted by Crippen LogP contribution is -2.19. The van der Waals surface area contributed by atoms with Gasteiger partial charge in [-0.1, -0.05) is 91.0 Å². The standard InChI is InChI=1S/C24H18O4S/c25-23(19-10-3-1-4-11-19)24(20-12-5-2-6-13-20)28-29(26)27-22-16-15-18-9-7-8-14-21(18)17-22/h1-17,24H. The molecule has 4 nitrogen and oxygen atoms in total. The van der Waals surface area contributed by atoms with Gasteiger partial charge in [-0.15, -0.1) is 0 Å². The van der Waals surface area contributed by atoms with Gasteiger partial charge in [-0.2, -0.15) is 4.21 Å². The van der Waals surface area contributed by atoms with Crippen molar-refractivity contribution in [1.29, 1.82) is 0 Å². The van der Waals surface area contributed by atoms with Gasteiger partial charge >= 0.3 is 11.4 Å². The lowest BCUT2D eigenvalue weighted by Gasteiger charge is -2.16. The molecule has 29 heavy (non-hydrogen) atoms. The van der Waals surface area contributed by atoms with E-state index in [1.54, 1.807) is 60.7 Å².